The number of benzene rings is 3. The van der Waals surface area contributed by atoms with E-state index >= 15 is 0 Å². The maximum Gasteiger partial charge on any atom is 0.254 e. The number of carbonyl (C=O) groups is 2. The first-order valence-corrected chi connectivity index (χ1v) is 14.9. The topological polar surface area (TPSA) is 71.3 Å². The molecule has 41 heavy (non-hydrogen) atoms. The predicted molar refractivity (Wildman–Crippen MR) is 160 cm³/mol. The average Bonchev–Trinajstić information content (AvgIpc) is 3.39. The number of amides is 2. The average molecular weight is 592 g/mol. The number of rotatable bonds is 8. The van der Waals surface area contributed by atoms with E-state index in [2.05, 4.69) is 10.2 Å². The van der Waals surface area contributed by atoms with Crippen LogP contribution in [0, 0.1) is 12.7 Å². The summed E-state index contributed by atoms with van der Waals surface area (Å²) in [7, 11) is 0. The van der Waals surface area contributed by atoms with Crippen molar-refractivity contribution >= 4 is 35.2 Å². The molecule has 212 valence electrons. The van der Waals surface area contributed by atoms with Crippen LogP contribution in [0.25, 0.3) is 17.1 Å². The minimum atomic E-state index is -0.375. The van der Waals surface area contributed by atoms with Crippen LogP contribution in [-0.4, -0.2) is 67.8 Å². The molecule has 1 aliphatic heterocycles. The van der Waals surface area contributed by atoms with Gasteiger partial charge < -0.3 is 9.80 Å². The third kappa shape index (κ3) is 6.80. The van der Waals surface area contributed by atoms with Gasteiger partial charge in [-0.05, 0) is 62.7 Å². The van der Waals surface area contributed by atoms with Crippen molar-refractivity contribution in [2.75, 3.05) is 25.4 Å². The van der Waals surface area contributed by atoms with Gasteiger partial charge in [-0.3, -0.25) is 14.2 Å². The standard InChI is InChI=1S/C31H31ClFN5O2S/c1-21-8-10-23(11-9-21)29-34-35-31(38(29)27-6-3-5-25(32)19-27)41-18-4-7-28(39)36-16-17-37(22(2)20-36)30(40)24-12-14-26(33)15-13-24/h3,5-6,8-15,19,22H,4,7,16-18,20H2,1-2H3. The van der Waals surface area contributed by atoms with E-state index in [1.54, 1.807) is 16.7 Å². The molecule has 0 N–H and O–H groups in total. The third-order valence-corrected chi connectivity index (χ3v) is 8.36. The molecule has 0 saturated carbocycles. The highest BCUT2D eigenvalue weighted by Gasteiger charge is 2.30. The van der Waals surface area contributed by atoms with Gasteiger partial charge in [0.15, 0.2) is 11.0 Å². The quantitative estimate of drug-likeness (QED) is 0.178. The molecular weight excluding hydrogens is 561 g/mol. The summed E-state index contributed by atoms with van der Waals surface area (Å²) in [5.41, 5.74) is 3.44. The van der Waals surface area contributed by atoms with Crippen LogP contribution < -0.4 is 0 Å². The van der Waals surface area contributed by atoms with Gasteiger partial charge in [0.25, 0.3) is 5.91 Å². The number of hydrogen-bond acceptors (Lipinski definition) is 5. The Labute approximate surface area is 248 Å². The molecule has 0 aliphatic carbocycles. The summed E-state index contributed by atoms with van der Waals surface area (Å²) >= 11 is 7.86. The summed E-state index contributed by atoms with van der Waals surface area (Å²) in [6.45, 7) is 5.38. The Morgan fingerprint density at radius 1 is 1.02 bits per heavy atom. The summed E-state index contributed by atoms with van der Waals surface area (Å²) in [4.78, 5) is 29.5. The van der Waals surface area contributed by atoms with Crippen LogP contribution in [0.2, 0.25) is 5.02 Å². The van der Waals surface area contributed by atoms with Gasteiger partial charge in [0.05, 0.1) is 5.69 Å². The Balaban J connectivity index is 1.18. The van der Waals surface area contributed by atoms with E-state index in [-0.39, 0.29) is 23.7 Å². The van der Waals surface area contributed by atoms with Gasteiger partial charge in [0.1, 0.15) is 5.82 Å². The summed E-state index contributed by atoms with van der Waals surface area (Å²) in [6.07, 6.45) is 1.08. The van der Waals surface area contributed by atoms with Crippen LogP contribution >= 0.6 is 23.4 Å². The van der Waals surface area contributed by atoms with Crippen molar-refractivity contribution in [2.45, 2.75) is 37.9 Å². The molecule has 3 aromatic carbocycles. The smallest absolute Gasteiger partial charge is 0.254 e. The number of aryl methyl sites for hydroxylation is 1. The lowest BCUT2D eigenvalue weighted by atomic mass is 10.1. The first kappa shape index (κ1) is 28.8. The molecule has 1 aliphatic rings. The Hall–Kier alpha value is -3.69. The van der Waals surface area contributed by atoms with Crippen LogP contribution in [0.4, 0.5) is 4.39 Å². The van der Waals surface area contributed by atoms with E-state index in [1.807, 2.05) is 71.8 Å². The van der Waals surface area contributed by atoms with Gasteiger partial charge in [-0.1, -0.05) is 59.3 Å². The van der Waals surface area contributed by atoms with Crippen molar-refractivity contribution < 1.29 is 14.0 Å². The van der Waals surface area contributed by atoms with E-state index in [0.29, 0.717) is 48.8 Å². The lowest BCUT2D eigenvalue weighted by molar-refractivity contribution is -0.133. The highest BCUT2D eigenvalue weighted by molar-refractivity contribution is 7.99. The Morgan fingerprint density at radius 3 is 2.49 bits per heavy atom. The second kappa shape index (κ2) is 12.9. The number of thioether (sulfide) groups is 1. The molecule has 4 aromatic rings. The molecule has 1 unspecified atom stereocenters. The molecule has 1 saturated heterocycles. The molecule has 1 fully saturated rings. The van der Waals surface area contributed by atoms with E-state index in [0.717, 1.165) is 27.8 Å². The minimum Gasteiger partial charge on any atom is -0.339 e. The highest BCUT2D eigenvalue weighted by Crippen LogP contribution is 2.30. The molecule has 2 heterocycles. The summed E-state index contributed by atoms with van der Waals surface area (Å²) in [5.74, 6) is 0.974. The number of nitrogens with zero attached hydrogens (tertiary/aromatic N) is 5. The molecule has 2 amide bonds. The van der Waals surface area contributed by atoms with E-state index in [1.165, 1.54) is 24.3 Å². The van der Waals surface area contributed by atoms with Gasteiger partial charge in [-0.25, -0.2) is 4.39 Å². The molecule has 5 rings (SSSR count). The minimum absolute atomic E-state index is 0.0722. The number of piperazine rings is 1. The van der Waals surface area contributed by atoms with Crippen molar-refractivity contribution in [3.05, 3.63) is 94.8 Å². The molecular formula is C31H31ClFN5O2S. The lowest BCUT2D eigenvalue weighted by Crippen LogP contribution is -2.55. The number of halogens is 2. The normalized spacial score (nSPS) is 15.3. The van der Waals surface area contributed by atoms with Crippen molar-refractivity contribution in [3.63, 3.8) is 0 Å². The fraction of sp³-hybridized carbons (Fsp3) is 0.290. The Morgan fingerprint density at radius 2 is 1.78 bits per heavy atom. The van der Waals surface area contributed by atoms with Gasteiger partial charge in [0, 0.05) is 54.0 Å². The molecule has 7 nitrogen and oxygen atoms in total. The van der Waals surface area contributed by atoms with Gasteiger partial charge in [0.2, 0.25) is 5.91 Å². The zero-order valence-electron chi connectivity index (χ0n) is 23.0. The van der Waals surface area contributed by atoms with Gasteiger partial charge >= 0.3 is 0 Å². The second-order valence-electron chi connectivity index (χ2n) is 10.1. The monoisotopic (exact) mass is 591 g/mol. The SMILES string of the molecule is Cc1ccc(-c2nnc(SCCCC(=O)N3CCN(C(=O)c4ccc(F)cc4)C(C)C3)n2-c2cccc(Cl)c2)cc1. The molecule has 10 heteroatoms. The van der Waals surface area contributed by atoms with Crippen LogP contribution in [0.15, 0.2) is 78.0 Å². The largest absolute Gasteiger partial charge is 0.339 e. The summed E-state index contributed by atoms with van der Waals surface area (Å²) in [5, 5.41) is 10.3. The van der Waals surface area contributed by atoms with Crippen LogP contribution in [0.3, 0.4) is 0 Å². The molecule has 1 aromatic heterocycles. The van der Waals surface area contributed by atoms with E-state index in [9.17, 15) is 14.0 Å². The molecule has 0 spiro atoms. The van der Waals surface area contributed by atoms with Crippen molar-refractivity contribution in [2.24, 2.45) is 0 Å². The Bertz CT molecular complexity index is 1530. The zero-order chi connectivity index (χ0) is 28.9. The van der Waals surface area contributed by atoms with Crippen LogP contribution in [-0.2, 0) is 4.79 Å². The van der Waals surface area contributed by atoms with Crippen LogP contribution in [0.1, 0.15) is 35.7 Å². The highest BCUT2D eigenvalue weighted by atomic mass is 35.5. The lowest BCUT2D eigenvalue weighted by Gasteiger charge is -2.40. The summed E-state index contributed by atoms with van der Waals surface area (Å²) in [6, 6.07) is 21.2. The van der Waals surface area contributed by atoms with Crippen LogP contribution in [0.5, 0.6) is 0 Å². The number of hydrogen-bond donors (Lipinski definition) is 0. The summed E-state index contributed by atoms with van der Waals surface area (Å²) < 4.78 is 15.2. The Kier molecular flexibility index (Phi) is 9.05. The van der Waals surface area contributed by atoms with Crippen molar-refractivity contribution in [1.82, 2.24) is 24.6 Å². The van der Waals surface area contributed by atoms with Gasteiger partial charge in [-0.2, -0.15) is 0 Å². The van der Waals surface area contributed by atoms with E-state index in [4.69, 9.17) is 11.6 Å². The fourth-order valence-electron chi connectivity index (χ4n) is 4.89. The number of carbonyl (C=O) groups excluding carboxylic acids is 2. The van der Waals surface area contributed by atoms with Crippen molar-refractivity contribution in [1.29, 1.82) is 0 Å². The molecule has 0 bridgehead atoms. The first-order valence-electron chi connectivity index (χ1n) is 13.6. The first-order chi connectivity index (χ1) is 19.8. The van der Waals surface area contributed by atoms with Gasteiger partial charge in [-0.15, -0.1) is 10.2 Å². The number of aromatic nitrogens is 3. The maximum atomic E-state index is 13.2. The third-order valence-electron chi connectivity index (χ3n) is 7.11. The fourth-order valence-corrected chi connectivity index (χ4v) is 5.97. The predicted octanol–water partition coefficient (Wildman–Crippen LogP) is 6.28. The molecule has 0 radical (unpaired) electrons. The second-order valence-corrected chi connectivity index (χ2v) is 11.6. The van der Waals surface area contributed by atoms with E-state index < -0.39 is 0 Å². The molecule has 1 atom stereocenters. The maximum absolute atomic E-state index is 13.2. The zero-order valence-corrected chi connectivity index (χ0v) is 24.5. The van der Waals surface area contributed by atoms with Crippen molar-refractivity contribution in [3.8, 4) is 17.1 Å².